The van der Waals surface area contributed by atoms with Crippen LogP contribution in [0.25, 0.3) is 0 Å². The summed E-state index contributed by atoms with van der Waals surface area (Å²) in [7, 11) is 0. The van der Waals surface area contributed by atoms with Gasteiger partial charge < -0.3 is 20.5 Å². The Morgan fingerprint density at radius 3 is 3.06 bits per heavy atom. The van der Waals surface area contributed by atoms with E-state index in [0.717, 1.165) is 5.76 Å². The lowest BCUT2D eigenvalue weighted by Gasteiger charge is -2.11. The predicted octanol–water partition coefficient (Wildman–Crippen LogP) is 1.55. The predicted molar refractivity (Wildman–Crippen MR) is 64.5 cm³/mol. The summed E-state index contributed by atoms with van der Waals surface area (Å²) in [5, 5.41) is 2.86. The summed E-state index contributed by atoms with van der Waals surface area (Å²) in [5.74, 6) is 0.685. The highest BCUT2D eigenvalue weighted by Gasteiger charge is 2.12. The van der Waals surface area contributed by atoms with E-state index in [1.165, 1.54) is 0 Å². The molecule has 5 heteroatoms. The lowest BCUT2D eigenvalue weighted by molar-refractivity contribution is 0.0935. The van der Waals surface area contributed by atoms with Gasteiger partial charge in [0.25, 0.3) is 5.91 Å². The quantitative estimate of drug-likeness (QED) is 0.749. The topological polar surface area (TPSA) is 84.1 Å². The summed E-state index contributed by atoms with van der Waals surface area (Å²) in [6.07, 6.45) is 3.87. The largest absolute Gasteiger partial charge is 0.469 e. The molecular weight excluding hydrogens is 218 g/mol. The summed E-state index contributed by atoms with van der Waals surface area (Å²) in [6.45, 7) is 1.92. The molecule has 90 valence electrons. The second-order valence-corrected chi connectivity index (χ2v) is 4.00. The minimum atomic E-state index is -0.166. The minimum Gasteiger partial charge on any atom is -0.469 e. The minimum absolute atomic E-state index is 0.00169. The van der Waals surface area contributed by atoms with Crippen LogP contribution in [-0.2, 0) is 6.42 Å². The molecule has 0 aliphatic heterocycles. The second kappa shape index (κ2) is 4.78. The third kappa shape index (κ3) is 2.90. The molecule has 0 spiro atoms. The number of carbonyl (C=O) groups excluding carboxylic acids is 1. The van der Waals surface area contributed by atoms with Crippen molar-refractivity contribution in [2.45, 2.75) is 19.4 Å². The van der Waals surface area contributed by atoms with E-state index in [9.17, 15) is 4.79 Å². The van der Waals surface area contributed by atoms with E-state index in [1.54, 1.807) is 18.5 Å². The van der Waals surface area contributed by atoms with Crippen LogP contribution in [-0.4, -0.2) is 16.9 Å². The van der Waals surface area contributed by atoms with E-state index >= 15 is 0 Å². The van der Waals surface area contributed by atoms with E-state index in [4.69, 9.17) is 10.2 Å². The maximum Gasteiger partial charge on any atom is 0.267 e. The standard InChI is InChI=1S/C12H15N3O2/c1-8(5-10-3-2-4-17-10)15-12(16)11-6-9(13)7-14-11/h2-4,6-8,14H,5,13H2,1H3,(H,15,16). The zero-order valence-electron chi connectivity index (χ0n) is 9.57. The van der Waals surface area contributed by atoms with Crippen LogP contribution in [0, 0.1) is 0 Å². The molecule has 1 atom stereocenters. The number of H-pyrrole nitrogens is 1. The number of nitrogen functional groups attached to an aromatic ring is 1. The Hall–Kier alpha value is -2.17. The molecule has 2 heterocycles. The van der Waals surface area contributed by atoms with Gasteiger partial charge in [-0.25, -0.2) is 0 Å². The Balaban J connectivity index is 1.90. The van der Waals surface area contributed by atoms with Gasteiger partial charge in [0.2, 0.25) is 0 Å². The summed E-state index contributed by atoms with van der Waals surface area (Å²) in [5.41, 5.74) is 6.55. The number of amides is 1. The Kier molecular flexibility index (Phi) is 3.18. The molecule has 0 radical (unpaired) electrons. The normalized spacial score (nSPS) is 12.3. The van der Waals surface area contributed by atoms with E-state index in [1.807, 2.05) is 19.1 Å². The number of nitrogens with one attached hydrogen (secondary N) is 2. The average Bonchev–Trinajstić information content (AvgIpc) is 2.89. The maximum atomic E-state index is 11.8. The van der Waals surface area contributed by atoms with Gasteiger partial charge in [0.15, 0.2) is 0 Å². The number of hydrogen-bond donors (Lipinski definition) is 3. The van der Waals surface area contributed by atoms with Gasteiger partial charge in [-0.2, -0.15) is 0 Å². The van der Waals surface area contributed by atoms with E-state index in [0.29, 0.717) is 17.8 Å². The lowest BCUT2D eigenvalue weighted by atomic mass is 10.2. The average molecular weight is 233 g/mol. The summed E-state index contributed by atoms with van der Waals surface area (Å²) in [6, 6.07) is 5.32. The van der Waals surface area contributed by atoms with Crippen molar-refractivity contribution in [3.63, 3.8) is 0 Å². The molecule has 0 aliphatic carbocycles. The first-order valence-electron chi connectivity index (χ1n) is 5.42. The highest BCUT2D eigenvalue weighted by Crippen LogP contribution is 2.07. The van der Waals surface area contributed by atoms with Gasteiger partial charge in [0, 0.05) is 24.3 Å². The van der Waals surface area contributed by atoms with Crippen molar-refractivity contribution in [1.82, 2.24) is 10.3 Å². The Bertz CT molecular complexity index is 488. The molecule has 2 aromatic heterocycles. The van der Waals surface area contributed by atoms with E-state index in [2.05, 4.69) is 10.3 Å². The Morgan fingerprint density at radius 1 is 1.65 bits per heavy atom. The molecule has 1 unspecified atom stereocenters. The SMILES string of the molecule is CC(Cc1ccco1)NC(=O)c1cc(N)c[nH]1. The van der Waals surface area contributed by atoms with Gasteiger partial charge in [-0.05, 0) is 25.1 Å². The van der Waals surface area contributed by atoms with Crippen LogP contribution in [0.3, 0.4) is 0 Å². The van der Waals surface area contributed by atoms with Crippen LogP contribution < -0.4 is 11.1 Å². The fourth-order valence-electron chi connectivity index (χ4n) is 1.63. The third-order valence-corrected chi connectivity index (χ3v) is 2.41. The van der Waals surface area contributed by atoms with Gasteiger partial charge in [0.1, 0.15) is 11.5 Å². The molecule has 0 fully saturated rings. The molecule has 5 nitrogen and oxygen atoms in total. The van der Waals surface area contributed by atoms with Crippen molar-refractivity contribution in [3.05, 3.63) is 42.1 Å². The van der Waals surface area contributed by atoms with Crippen molar-refractivity contribution in [1.29, 1.82) is 0 Å². The van der Waals surface area contributed by atoms with Gasteiger partial charge in [0.05, 0.1) is 6.26 Å². The molecule has 2 aromatic rings. The molecular formula is C12H15N3O2. The number of anilines is 1. The molecule has 2 rings (SSSR count). The van der Waals surface area contributed by atoms with Crippen molar-refractivity contribution < 1.29 is 9.21 Å². The van der Waals surface area contributed by atoms with Crippen LogP contribution in [0.4, 0.5) is 5.69 Å². The molecule has 4 N–H and O–H groups in total. The highest BCUT2D eigenvalue weighted by atomic mass is 16.3. The first-order valence-corrected chi connectivity index (χ1v) is 5.42. The zero-order chi connectivity index (χ0) is 12.3. The van der Waals surface area contributed by atoms with E-state index in [-0.39, 0.29) is 11.9 Å². The maximum absolute atomic E-state index is 11.8. The van der Waals surface area contributed by atoms with Crippen LogP contribution in [0.1, 0.15) is 23.2 Å². The van der Waals surface area contributed by atoms with Crippen molar-refractivity contribution in [2.75, 3.05) is 5.73 Å². The first kappa shape index (κ1) is 11.3. The second-order valence-electron chi connectivity index (χ2n) is 4.00. The number of carbonyl (C=O) groups is 1. The van der Waals surface area contributed by atoms with Crippen LogP contribution in [0.15, 0.2) is 35.1 Å². The van der Waals surface area contributed by atoms with Gasteiger partial charge >= 0.3 is 0 Å². The Labute approximate surface area is 99.0 Å². The van der Waals surface area contributed by atoms with Gasteiger partial charge in [-0.3, -0.25) is 4.79 Å². The number of rotatable bonds is 4. The monoisotopic (exact) mass is 233 g/mol. The molecule has 0 saturated carbocycles. The van der Waals surface area contributed by atoms with Gasteiger partial charge in [-0.15, -0.1) is 0 Å². The highest BCUT2D eigenvalue weighted by molar-refractivity contribution is 5.93. The lowest BCUT2D eigenvalue weighted by Crippen LogP contribution is -2.34. The van der Waals surface area contributed by atoms with Gasteiger partial charge in [-0.1, -0.05) is 0 Å². The molecule has 0 saturated heterocycles. The summed E-state index contributed by atoms with van der Waals surface area (Å²) >= 11 is 0. The fraction of sp³-hybridized carbons (Fsp3) is 0.250. The van der Waals surface area contributed by atoms with Crippen LogP contribution in [0.2, 0.25) is 0 Å². The van der Waals surface area contributed by atoms with Crippen molar-refractivity contribution in [2.24, 2.45) is 0 Å². The Morgan fingerprint density at radius 2 is 2.47 bits per heavy atom. The summed E-state index contributed by atoms with van der Waals surface area (Å²) < 4.78 is 5.22. The van der Waals surface area contributed by atoms with E-state index < -0.39 is 0 Å². The number of aromatic nitrogens is 1. The van der Waals surface area contributed by atoms with Crippen molar-refractivity contribution >= 4 is 11.6 Å². The smallest absolute Gasteiger partial charge is 0.267 e. The first-order chi connectivity index (χ1) is 8.15. The molecule has 1 amide bonds. The zero-order valence-corrected chi connectivity index (χ0v) is 9.57. The number of hydrogen-bond acceptors (Lipinski definition) is 3. The third-order valence-electron chi connectivity index (χ3n) is 2.41. The number of furan rings is 1. The van der Waals surface area contributed by atoms with Crippen LogP contribution in [0.5, 0.6) is 0 Å². The fourth-order valence-corrected chi connectivity index (χ4v) is 1.63. The summed E-state index contributed by atoms with van der Waals surface area (Å²) in [4.78, 5) is 14.6. The molecule has 0 bridgehead atoms. The molecule has 0 aliphatic rings. The van der Waals surface area contributed by atoms with Crippen molar-refractivity contribution in [3.8, 4) is 0 Å². The molecule has 0 aromatic carbocycles. The molecule has 17 heavy (non-hydrogen) atoms. The number of nitrogens with two attached hydrogens (primary N) is 1. The van der Waals surface area contributed by atoms with Crippen LogP contribution >= 0.6 is 0 Å². The number of aromatic amines is 1.